The lowest BCUT2D eigenvalue weighted by Crippen LogP contribution is -1.86. The Hall–Kier alpha value is -0.240. The Balaban J connectivity index is 3.06. The summed E-state index contributed by atoms with van der Waals surface area (Å²) in [5.74, 6) is 0. The number of hydrogen-bond acceptors (Lipinski definition) is 1. The van der Waals surface area contributed by atoms with Crippen LogP contribution in [0.5, 0.6) is 0 Å². The highest BCUT2D eigenvalue weighted by Crippen LogP contribution is 2.09. The lowest BCUT2D eigenvalue weighted by Gasteiger charge is -1.98. The lowest BCUT2D eigenvalue weighted by atomic mass is 10.1. The Morgan fingerprint density at radius 2 is 1.33 bits per heavy atom. The Morgan fingerprint density at radius 1 is 0.833 bits per heavy atom. The van der Waals surface area contributed by atoms with Crippen molar-refractivity contribution < 1.29 is 4.79 Å². The zero-order valence-electron chi connectivity index (χ0n) is 12.0. The van der Waals surface area contributed by atoms with Crippen molar-refractivity contribution in [2.45, 2.75) is 84.0 Å². The van der Waals surface area contributed by atoms with Gasteiger partial charge in [-0.1, -0.05) is 57.6 Å². The van der Waals surface area contributed by atoms with Crippen LogP contribution in [0.1, 0.15) is 84.0 Å². The standard InChI is InChI=1S/C16H30OS/c1-2-3-4-5-6-7-8-9-10-11-12-13-14-15-16(17)18/h7-8H,2-6,9-15H2,1H3,(H,17,18)/b8-7-. The molecule has 0 bridgehead atoms. The molecule has 0 radical (unpaired) electrons. The summed E-state index contributed by atoms with van der Waals surface area (Å²) in [4.78, 5) is 10.6. The molecule has 106 valence electrons. The zero-order valence-corrected chi connectivity index (χ0v) is 12.9. The van der Waals surface area contributed by atoms with Crippen LogP contribution in [-0.4, -0.2) is 5.12 Å². The Bertz CT molecular complexity index is 211. The van der Waals surface area contributed by atoms with E-state index in [1.807, 2.05) is 0 Å². The summed E-state index contributed by atoms with van der Waals surface area (Å²) in [6.07, 6.45) is 19.2. The van der Waals surface area contributed by atoms with Gasteiger partial charge in [0.1, 0.15) is 0 Å². The van der Waals surface area contributed by atoms with E-state index in [1.165, 1.54) is 64.2 Å². The van der Waals surface area contributed by atoms with Crippen molar-refractivity contribution in [1.82, 2.24) is 0 Å². The Kier molecular flexibility index (Phi) is 14.6. The van der Waals surface area contributed by atoms with Crippen molar-refractivity contribution in [3.63, 3.8) is 0 Å². The number of thiol groups is 1. The molecule has 0 saturated carbocycles. The van der Waals surface area contributed by atoms with Crippen LogP contribution in [0.15, 0.2) is 12.2 Å². The average Bonchev–Trinajstić information content (AvgIpc) is 2.34. The van der Waals surface area contributed by atoms with E-state index in [0.29, 0.717) is 6.42 Å². The van der Waals surface area contributed by atoms with Crippen molar-refractivity contribution in [1.29, 1.82) is 0 Å². The molecule has 0 N–H and O–H groups in total. The number of carbonyl (C=O) groups is 1. The van der Waals surface area contributed by atoms with Gasteiger partial charge >= 0.3 is 0 Å². The molecule has 2 heteroatoms. The fraction of sp³-hybridized carbons (Fsp3) is 0.812. The largest absolute Gasteiger partial charge is 0.288 e. The highest BCUT2D eigenvalue weighted by molar-refractivity contribution is 7.96. The minimum atomic E-state index is 0.0287. The van der Waals surface area contributed by atoms with Gasteiger partial charge in [0.15, 0.2) is 5.12 Å². The molecule has 0 rings (SSSR count). The van der Waals surface area contributed by atoms with E-state index in [9.17, 15) is 4.79 Å². The van der Waals surface area contributed by atoms with Crippen molar-refractivity contribution in [3.8, 4) is 0 Å². The third kappa shape index (κ3) is 15.8. The molecule has 0 aromatic carbocycles. The molecule has 0 fully saturated rings. The molecule has 0 spiro atoms. The summed E-state index contributed by atoms with van der Waals surface area (Å²) in [7, 11) is 0. The Labute approximate surface area is 119 Å². The summed E-state index contributed by atoms with van der Waals surface area (Å²) in [6.45, 7) is 2.25. The topological polar surface area (TPSA) is 17.1 Å². The predicted octanol–water partition coefficient (Wildman–Crippen LogP) is 5.70. The number of carbonyl (C=O) groups excluding carboxylic acids is 1. The molecule has 0 aromatic rings. The number of rotatable bonds is 13. The van der Waals surface area contributed by atoms with E-state index in [4.69, 9.17) is 0 Å². The second-order valence-electron chi connectivity index (χ2n) is 5.02. The first-order chi connectivity index (χ1) is 8.77. The van der Waals surface area contributed by atoms with Crippen LogP contribution in [0.25, 0.3) is 0 Å². The van der Waals surface area contributed by atoms with Gasteiger partial charge in [-0.15, -0.1) is 12.6 Å². The molecule has 0 unspecified atom stereocenters. The maximum Gasteiger partial charge on any atom is 0.185 e. The molecular formula is C16H30OS. The fourth-order valence-electron chi connectivity index (χ4n) is 1.99. The van der Waals surface area contributed by atoms with E-state index in [-0.39, 0.29) is 5.12 Å². The summed E-state index contributed by atoms with van der Waals surface area (Å²) in [6, 6.07) is 0. The number of hydrogen-bond donors (Lipinski definition) is 1. The highest BCUT2D eigenvalue weighted by Gasteiger charge is 1.94. The minimum Gasteiger partial charge on any atom is -0.288 e. The van der Waals surface area contributed by atoms with E-state index in [2.05, 4.69) is 31.7 Å². The molecule has 0 aliphatic heterocycles. The van der Waals surface area contributed by atoms with Gasteiger partial charge in [0.05, 0.1) is 0 Å². The zero-order chi connectivity index (χ0) is 13.5. The van der Waals surface area contributed by atoms with Crippen molar-refractivity contribution >= 4 is 17.7 Å². The molecule has 0 amide bonds. The molecule has 0 aromatic heterocycles. The van der Waals surface area contributed by atoms with Crippen molar-refractivity contribution in [3.05, 3.63) is 12.2 Å². The number of unbranched alkanes of at least 4 members (excludes halogenated alkanes) is 9. The Morgan fingerprint density at radius 3 is 1.89 bits per heavy atom. The molecule has 0 heterocycles. The van der Waals surface area contributed by atoms with Gasteiger partial charge in [-0.05, 0) is 32.1 Å². The van der Waals surface area contributed by atoms with Crippen LogP contribution >= 0.6 is 12.6 Å². The van der Waals surface area contributed by atoms with Crippen LogP contribution < -0.4 is 0 Å². The number of allylic oxidation sites excluding steroid dienone is 2. The molecule has 18 heavy (non-hydrogen) atoms. The van der Waals surface area contributed by atoms with E-state index >= 15 is 0 Å². The average molecular weight is 270 g/mol. The predicted molar refractivity (Wildman–Crippen MR) is 84.2 cm³/mol. The van der Waals surface area contributed by atoms with Crippen LogP contribution in [0.3, 0.4) is 0 Å². The van der Waals surface area contributed by atoms with Crippen LogP contribution in [0.2, 0.25) is 0 Å². The maximum atomic E-state index is 10.6. The summed E-state index contributed by atoms with van der Waals surface area (Å²) in [5, 5.41) is 0.0287. The van der Waals surface area contributed by atoms with Gasteiger partial charge in [0.2, 0.25) is 0 Å². The van der Waals surface area contributed by atoms with E-state index in [1.54, 1.807) is 0 Å². The first kappa shape index (κ1) is 17.8. The van der Waals surface area contributed by atoms with E-state index < -0.39 is 0 Å². The quantitative estimate of drug-likeness (QED) is 0.258. The van der Waals surface area contributed by atoms with Crippen LogP contribution in [-0.2, 0) is 4.79 Å². The third-order valence-corrected chi connectivity index (χ3v) is 3.38. The summed E-state index contributed by atoms with van der Waals surface area (Å²) >= 11 is 3.76. The van der Waals surface area contributed by atoms with Gasteiger partial charge in [0.25, 0.3) is 0 Å². The molecule has 0 aliphatic carbocycles. The lowest BCUT2D eigenvalue weighted by molar-refractivity contribution is -0.110. The summed E-state index contributed by atoms with van der Waals surface area (Å²) in [5.41, 5.74) is 0. The summed E-state index contributed by atoms with van der Waals surface area (Å²) < 4.78 is 0. The van der Waals surface area contributed by atoms with Gasteiger partial charge < -0.3 is 0 Å². The van der Waals surface area contributed by atoms with Gasteiger partial charge in [0, 0.05) is 6.42 Å². The van der Waals surface area contributed by atoms with Gasteiger partial charge in [-0.3, -0.25) is 4.79 Å². The van der Waals surface area contributed by atoms with Gasteiger partial charge in [-0.25, -0.2) is 0 Å². The van der Waals surface area contributed by atoms with Crippen molar-refractivity contribution in [2.75, 3.05) is 0 Å². The smallest absolute Gasteiger partial charge is 0.185 e. The molecular weight excluding hydrogens is 240 g/mol. The SMILES string of the molecule is CCCCCC/C=C\CCCCCCCC(=O)S. The first-order valence-electron chi connectivity index (χ1n) is 7.64. The maximum absolute atomic E-state index is 10.6. The molecule has 0 saturated heterocycles. The van der Waals surface area contributed by atoms with E-state index in [0.717, 1.165) is 6.42 Å². The van der Waals surface area contributed by atoms with Crippen LogP contribution in [0, 0.1) is 0 Å². The highest BCUT2D eigenvalue weighted by atomic mass is 32.1. The minimum absolute atomic E-state index is 0.0287. The fourth-order valence-corrected chi connectivity index (χ4v) is 2.15. The van der Waals surface area contributed by atoms with Crippen LogP contribution in [0.4, 0.5) is 0 Å². The van der Waals surface area contributed by atoms with Crippen molar-refractivity contribution in [2.24, 2.45) is 0 Å². The first-order valence-corrected chi connectivity index (χ1v) is 8.09. The molecule has 1 nitrogen and oxygen atoms in total. The molecule has 0 atom stereocenters. The normalized spacial score (nSPS) is 11.2. The second kappa shape index (κ2) is 14.8. The third-order valence-electron chi connectivity index (χ3n) is 3.15. The van der Waals surface area contributed by atoms with Gasteiger partial charge in [-0.2, -0.15) is 0 Å². The molecule has 0 aliphatic rings. The second-order valence-corrected chi connectivity index (χ2v) is 5.52. The monoisotopic (exact) mass is 270 g/mol.